The van der Waals surface area contributed by atoms with Crippen LogP contribution in [-0.4, -0.2) is 24.6 Å². The van der Waals surface area contributed by atoms with Crippen molar-refractivity contribution < 1.29 is 14.3 Å². The van der Waals surface area contributed by atoms with Crippen LogP contribution in [0.4, 0.5) is 0 Å². The average molecular weight is 358 g/mol. The van der Waals surface area contributed by atoms with Gasteiger partial charge in [-0.2, -0.15) is 0 Å². The number of thiazole rings is 1. The van der Waals surface area contributed by atoms with Crippen molar-refractivity contribution in [1.82, 2.24) is 10.3 Å². The molecule has 2 aromatic rings. The maximum atomic E-state index is 12.5. The Kier molecular flexibility index (Phi) is 4.61. The van der Waals surface area contributed by atoms with Gasteiger partial charge in [-0.3, -0.25) is 4.79 Å². The van der Waals surface area contributed by atoms with Crippen LogP contribution in [0, 0.1) is 5.92 Å². The summed E-state index contributed by atoms with van der Waals surface area (Å²) in [4.78, 5) is 18.6. The molecule has 1 aromatic heterocycles. The third-order valence-corrected chi connectivity index (χ3v) is 6.01. The van der Waals surface area contributed by atoms with E-state index in [1.807, 2.05) is 18.2 Å². The highest BCUT2D eigenvalue weighted by Crippen LogP contribution is 2.36. The maximum absolute atomic E-state index is 12.5. The first kappa shape index (κ1) is 16.4. The number of fused-ring (bicyclic) bond motifs is 2. The number of amides is 1. The van der Waals surface area contributed by atoms with Gasteiger partial charge in [0.15, 0.2) is 11.5 Å². The summed E-state index contributed by atoms with van der Waals surface area (Å²) >= 11 is 1.74. The minimum absolute atomic E-state index is 0.0293. The normalized spacial score (nSPS) is 18.7. The number of nitrogens with one attached hydrogen (secondary N) is 1. The largest absolute Gasteiger partial charge is 0.493 e. The SMILES string of the molecule is COc1cccc2c1OC[C@@H](C(=O)NCc1nc3c(s1)CCCC3)C2. The van der Waals surface area contributed by atoms with Gasteiger partial charge in [-0.05, 0) is 43.7 Å². The molecule has 0 saturated carbocycles. The molecule has 0 unspecified atom stereocenters. The quantitative estimate of drug-likeness (QED) is 0.913. The monoisotopic (exact) mass is 358 g/mol. The van der Waals surface area contributed by atoms with Crippen molar-refractivity contribution in [2.75, 3.05) is 13.7 Å². The third-order valence-electron chi connectivity index (χ3n) is 4.85. The smallest absolute Gasteiger partial charge is 0.227 e. The predicted molar refractivity (Wildman–Crippen MR) is 96.3 cm³/mol. The van der Waals surface area contributed by atoms with E-state index >= 15 is 0 Å². The topological polar surface area (TPSA) is 60.5 Å². The molecule has 0 radical (unpaired) electrons. The minimum Gasteiger partial charge on any atom is -0.493 e. The highest BCUT2D eigenvalue weighted by Gasteiger charge is 2.28. The number of ether oxygens (including phenoxy) is 2. The number of benzene rings is 1. The van der Waals surface area contributed by atoms with Crippen LogP contribution < -0.4 is 14.8 Å². The second-order valence-electron chi connectivity index (χ2n) is 6.56. The number of aryl methyl sites for hydroxylation is 2. The fourth-order valence-corrected chi connectivity index (χ4v) is 4.61. The molecule has 5 nitrogen and oxygen atoms in total. The van der Waals surface area contributed by atoms with Gasteiger partial charge in [0, 0.05) is 4.88 Å². The Morgan fingerprint density at radius 2 is 2.28 bits per heavy atom. The lowest BCUT2D eigenvalue weighted by Gasteiger charge is -2.25. The van der Waals surface area contributed by atoms with Crippen molar-refractivity contribution in [2.24, 2.45) is 5.92 Å². The minimum atomic E-state index is -0.172. The number of carbonyl (C=O) groups excluding carboxylic acids is 1. The Labute approximate surface area is 151 Å². The zero-order valence-electron chi connectivity index (χ0n) is 14.3. The Morgan fingerprint density at radius 3 is 3.12 bits per heavy atom. The molecule has 1 aromatic carbocycles. The van der Waals surface area contributed by atoms with Crippen LogP contribution in [0.1, 0.15) is 34.0 Å². The number of carbonyl (C=O) groups is 1. The lowest BCUT2D eigenvalue weighted by Crippen LogP contribution is -2.37. The van der Waals surface area contributed by atoms with Gasteiger partial charge in [0.2, 0.25) is 5.91 Å². The van der Waals surface area contributed by atoms with Crippen LogP contribution in [0.15, 0.2) is 18.2 Å². The van der Waals surface area contributed by atoms with E-state index in [-0.39, 0.29) is 11.8 Å². The van der Waals surface area contributed by atoms with E-state index in [0.717, 1.165) is 34.9 Å². The summed E-state index contributed by atoms with van der Waals surface area (Å²) < 4.78 is 11.1. The highest BCUT2D eigenvalue weighted by atomic mass is 32.1. The molecule has 1 amide bonds. The van der Waals surface area contributed by atoms with Crippen molar-refractivity contribution in [3.63, 3.8) is 0 Å². The Hall–Kier alpha value is -2.08. The van der Waals surface area contributed by atoms with Gasteiger partial charge in [-0.25, -0.2) is 4.98 Å². The number of hydrogen-bond acceptors (Lipinski definition) is 5. The predicted octanol–water partition coefficient (Wildman–Crippen LogP) is 2.90. The van der Waals surface area contributed by atoms with Gasteiger partial charge in [-0.1, -0.05) is 12.1 Å². The van der Waals surface area contributed by atoms with Crippen LogP contribution in [0.5, 0.6) is 11.5 Å². The summed E-state index contributed by atoms with van der Waals surface area (Å²) in [5, 5.41) is 4.05. The fourth-order valence-electron chi connectivity index (χ4n) is 3.51. The molecule has 1 aliphatic carbocycles. The Bertz CT molecular complexity index is 763. The van der Waals surface area contributed by atoms with Crippen molar-refractivity contribution in [3.05, 3.63) is 39.3 Å². The summed E-state index contributed by atoms with van der Waals surface area (Å²) in [6.07, 6.45) is 5.37. The molecule has 4 rings (SSSR count). The molecule has 0 bridgehead atoms. The van der Waals surface area contributed by atoms with Crippen LogP contribution in [0.2, 0.25) is 0 Å². The molecular weight excluding hydrogens is 336 g/mol. The second kappa shape index (κ2) is 7.04. The highest BCUT2D eigenvalue weighted by molar-refractivity contribution is 7.11. The van der Waals surface area contributed by atoms with E-state index in [4.69, 9.17) is 9.47 Å². The van der Waals surface area contributed by atoms with Crippen LogP contribution in [0.25, 0.3) is 0 Å². The summed E-state index contributed by atoms with van der Waals surface area (Å²) in [6, 6.07) is 5.80. The molecule has 25 heavy (non-hydrogen) atoms. The Balaban J connectivity index is 1.38. The Morgan fingerprint density at radius 1 is 1.40 bits per heavy atom. The summed E-state index contributed by atoms with van der Waals surface area (Å²) in [7, 11) is 1.63. The van der Waals surface area contributed by atoms with E-state index in [1.54, 1.807) is 18.4 Å². The number of hydrogen-bond donors (Lipinski definition) is 1. The molecule has 0 saturated heterocycles. The molecular formula is C19H22N2O3S. The van der Waals surface area contributed by atoms with Crippen molar-refractivity contribution in [1.29, 1.82) is 0 Å². The summed E-state index contributed by atoms with van der Waals surface area (Å²) in [6.45, 7) is 0.894. The second-order valence-corrected chi connectivity index (χ2v) is 7.73. The lowest BCUT2D eigenvalue weighted by atomic mass is 9.95. The molecule has 0 spiro atoms. The first-order chi connectivity index (χ1) is 12.2. The molecule has 1 N–H and O–H groups in total. The van der Waals surface area contributed by atoms with Gasteiger partial charge >= 0.3 is 0 Å². The van der Waals surface area contributed by atoms with Crippen LogP contribution in [-0.2, 0) is 30.6 Å². The molecule has 0 fully saturated rings. The lowest BCUT2D eigenvalue weighted by molar-refractivity contribution is -0.126. The first-order valence-electron chi connectivity index (χ1n) is 8.78. The molecule has 1 aliphatic heterocycles. The molecule has 1 atom stereocenters. The van der Waals surface area contributed by atoms with Gasteiger partial charge < -0.3 is 14.8 Å². The van der Waals surface area contributed by atoms with Crippen molar-refractivity contribution >= 4 is 17.2 Å². The van der Waals surface area contributed by atoms with E-state index in [9.17, 15) is 4.79 Å². The fraction of sp³-hybridized carbons (Fsp3) is 0.474. The molecule has 2 aliphatic rings. The van der Waals surface area contributed by atoms with E-state index < -0.39 is 0 Å². The molecule has 132 valence electrons. The number of methoxy groups -OCH3 is 1. The zero-order chi connectivity index (χ0) is 17.2. The number of para-hydroxylation sites is 1. The van der Waals surface area contributed by atoms with Crippen LogP contribution in [0.3, 0.4) is 0 Å². The average Bonchev–Trinajstić information content (AvgIpc) is 3.08. The molecule has 6 heteroatoms. The van der Waals surface area contributed by atoms with E-state index in [1.165, 1.54) is 23.4 Å². The maximum Gasteiger partial charge on any atom is 0.227 e. The van der Waals surface area contributed by atoms with Gasteiger partial charge in [0.25, 0.3) is 0 Å². The van der Waals surface area contributed by atoms with E-state index in [0.29, 0.717) is 19.6 Å². The number of nitrogens with zero attached hydrogens (tertiary/aromatic N) is 1. The zero-order valence-corrected chi connectivity index (χ0v) is 15.2. The van der Waals surface area contributed by atoms with E-state index in [2.05, 4.69) is 10.3 Å². The molecule has 2 heterocycles. The summed E-state index contributed by atoms with van der Waals surface area (Å²) in [5.74, 6) is 1.35. The standard InChI is InChI=1S/C19H22N2O3S/c1-23-15-7-4-5-12-9-13(11-24-18(12)15)19(22)20-10-17-21-14-6-2-3-8-16(14)25-17/h4-5,7,13H,2-3,6,8-11H2,1H3,(H,20,22)/t13-/m0/s1. The first-order valence-corrected chi connectivity index (χ1v) is 9.60. The third kappa shape index (κ3) is 3.35. The number of rotatable bonds is 4. The van der Waals surface area contributed by atoms with Crippen molar-refractivity contribution in [2.45, 2.75) is 38.6 Å². The van der Waals surface area contributed by atoms with Gasteiger partial charge in [0.1, 0.15) is 11.6 Å². The van der Waals surface area contributed by atoms with Crippen molar-refractivity contribution in [3.8, 4) is 11.5 Å². The van der Waals surface area contributed by atoms with Gasteiger partial charge in [-0.15, -0.1) is 11.3 Å². The van der Waals surface area contributed by atoms with Crippen LogP contribution >= 0.6 is 11.3 Å². The summed E-state index contributed by atoms with van der Waals surface area (Å²) in [5.41, 5.74) is 2.26. The van der Waals surface area contributed by atoms with Gasteiger partial charge in [0.05, 0.1) is 25.3 Å². The number of aromatic nitrogens is 1.